The monoisotopic (exact) mass is 356 g/mol. The Morgan fingerprint density at radius 1 is 1.30 bits per heavy atom. The predicted molar refractivity (Wildman–Crippen MR) is 83.0 cm³/mol. The van der Waals surface area contributed by atoms with Crippen LogP contribution in [0.15, 0.2) is 18.2 Å². The molecule has 0 saturated heterocycles. The van der Waals surface area contributed by atoms with Gasteiger partial charge in [-0.15, -0.1) is 12.4 Å². The second-order valence-electron chi connectivity index (χ2n) is 6.01. The lowest BCUT2D eigenvalue weighted by Gasteiger charge is -2.31. The van der Waals surface area contributed by atoms with Crippen LogP contribution < -0.4 is 11.1 Å². The number of nitrogens with two attached hydrogens (primary N) is 1. The van der Waals surface area contributed by atoms with Gasteiger partial charge in [-0.3, -0.25) is 4.79 Å². The molecule has 3 N–H and O–H groups in total. The number of amides is 1. The third kappa shape index (κ3) is 5.99. The average Bonchev–Trinajstić information content (AvgIpc) is 2.36. The number of benzene rings is 1. The van der Waals surface area contributed by atoms with Crippen LogP contribution in [0.1, 0.15) is 43.1 Å². The van der Waals surface area contributed by atoms with Crippen molar-refractivity contribution in [1.82, 2.24) is 5.32 Å². The lowest BCUT2D eigenvalue weighted by Crippen LogP contribution is -2.52. The summed E-state index contributed by atoms with van der Waals surface area (Å²) < 4.78 is 51.7. The summed E-state index contributed by atoms with van der Waals surface area (Å²) in [7, 11) is 0. The van der Waals surface area contributed by atoms with Gasteiger partial charge in [0.25, 0.3) is 5.91 Å². The van der Waals surface area contributed by atoms with Gasteiger partial charge in [-0.25, -0.2) is 4.39 Å². The lowest BCUT2D eigenvalue weighted by atomic mass is 9.90. The maximum atomic E-state index is 13.7. The van der Waals surface area contributed by atoms with Crippen LogP contribution in [0.4, 0.5) is 17.6 Å². The Kier molecular flexibility index (Phi) is 7.50. The van der Waals surface area contributed by atoms with E-state index in [1.54, 1.807) is 6.92 Å². The highest BCUT2D eigenvalue weighted by Gasteiger charge is 2.33. The number of carbonyl (C=O) groups excluding carboxylic acids is 1. The molecule has 0 aliphatic rings. The smallest absolute Gasteiger partial charge is 0.346 e. The molecule has 23 heavy (non-hydrogen) atoms. The van der Waals surface area contributed by atoms with Gasteiger partial charge in [-0.1, -0.05) is 13.8 Å². The van der Waals surface area contributed by atoms with E-state index in [0.29, 0.717) is 24.6 Å². The Morgan fingerprint density at radius 2 is 1.87 bits per heavy atom. The van der Waals surface area contributed by atoms with Crippen LogP contribution in [-0.2, 0) is 6.18 Å². The summed E-state index contributed by atoms with van der Waals surface area (Å²) >= 11 is 0. The van der Waals surface area contributed by atoms with Crippen molar-refractivity contribution in [2.24, 2.45) is 11.7 Å². The van der Waals surface area contributed by atoms with E-state index in [9.17, 15) is 22.4 Å². The molecule has 0 bridgehead atoms. The number of nitrogens with one attached hydrogen (secondary N) is 1. The summed E-state index contributed by atoms with van der Waals surface area (Å²) in [5, 5.41) is 2.54. The minimum atomic E-state index is -4.64. The molecule has 1 rings (SSSR count). The Bertz CT molecular complexity index is 549. The molecular formula is C15H21ClF4N2O. The molecule has 132 valence electrons. The quantitative estimate of drug-likeness (QED) is 0.789. The molecule has 0 fully saturated rings. The summed E-state index contributed by atoms with van der Waals surface area (Å²) in [5.74, 6) is -1.70. The van der Waals surface area contributed by atoms with Crippen LogP contribution in [0, 0.1) is 11.7 Å². The van der Waals surface area contributed by atoms with E-state index in [1.807, 2.05) is 13.8 Å². The van der Waals surface area contributed by atoms with E-state index in [0.717, 1.165) is 0 Å². The standard InChI is InChI=1S/C15H20F4N2O.ClH/c1-9(2)7-14(3,8-20)21-13(22)11-6-10(15(17,18)19)4-5-12(11)16;/h4-6,9H,7-8,20H2,1-3H3,(H,21,22);1H. The van der Waals surface area contributed by atoms with E-state index in [-0.39, 0.29) is 24.9 Å². The zero-order chi connectivity index (χ0) is 17.1. The first-order valence-corrected chi connectivity index (χ1v) is 6.88. The van der Waals surface area contributed by atoms with Crippen LogP contribution in [0.2, 0.25) is 0 Å². The number of carbonyl (C=O) groups is 1. The molecule has 0 spiro atoms. The summed E-state index contributed by atoms with van der Waals surface area (Å²) in [4.78, 5) is 12.1. The molecule has 1 atom stereocenters. The van der Waals surface area contributed by atoms with E-state index >= 15 is 0 Å². The normalized spacial score (nSPS) is 14.1. The van der Waals surface area contributed by atoms with Crippen molar-refractivity contribution < 1.29 is 22.4 Å². The maximum absolute atomic E-state index is 13.7. The first-order chi connectivity index (χ1) is 9.98. The number of halogens is 5. The lowest BCUT2D eigenvalue weighted by molar-refractivity contribution is -0.137. The third-order valence-electron chi connectivity index (χ3n) is 3.26. The number of rotatable bonds is 5. The molecule has 0 aliphatic carbocycles. The van der Waals surface area contributed by atoms with Crippen LogP contribution in [0.25, 0.3) is 0 Å². The van der Waals surface area contributed by atoms with Crippen molar-refractivity contribution in [3.63, 3.8) is 0 Å². The Morgan fingerprint density at radius 3 is 2.30 bits per heavy atom. The van der Waals surface area contributed by atoms with Crippen molar-refractivity contribution in [3.8, 4) is 0 Å². The largest absolute Gasteiger partial charge is 0.416 e. The SMILES string of the molecule is CC(C)CC(C)(CN)NC(=O)c1cc(C(F)(F)F)ccc1F.Cl. The molecule has 0 heterocycles. The van der Waals surface area contributed by atoms with Crippen molar-refractivity contribution in [2.75, 3.05) is 6.54 Å². The molecule has 0 saturated carbocycles. The van der Waals surface area contributed by atoms with Crippen molar-refractivity contribution in [2.45, 2.75) is 38.9 Å². The van der Waals surface area contributed by atoms with Crippen molar-refractivity contribution >= 4 is 18.3 Å². The van der Waals surface area contributed by atoms with Crippen LogP contribution in [0.3, 0.4) is 0 Å². The highest BCUT2D eigenvalue weighted by molar-refractivity contribution is 5.95. The fraction of sp³-hybridized carbons (Fsp3) is 0.533. The van der Waals surface area contributed by atoms with Gasteiger partial charge < -0.3 is 11.1 Å². The zero-order valence-electron chi connectivity index (χ0n) is 13.1. The summed E-state index contributed by atoms with van der Waals surface area (Å²) in [6.07, 6.45) is -4.12. The van der Waals surface area contributed by atoms with Gasteiger partial charge in [0.1, 0.15) is 5.82 Å². The minimum absolute atomic E-state index is 0. The maximum Gasteiger partial charge on any atom is 0.416 e. The van der Waals surface area contributed by atoms with E-state index in [1.165, 1.54) is 0 Å². The predicted octanol–water partition coefficient (Wildman–Crippen LogP) is 3.76. The van der Waals surface area contributed by atoms with Gasteiger partial charge in [0.2, 0.25) is 0 Å². The van der Waals surface area contributed by atoms with Gasteiger partial charge in [-0.05, 0) is 37.5 Å². The molecule has 1 aromatic carbocycles. The van der Waals surface area contributed by atoms with E-state index < -0.39 is 34.6 Å². The second-order valence-corrected chi connectivity index (χ2v) is 6.01. The number of alkyl halides is 3. The summed E-state index contributed by atoms with van der Waals surface area (Å²) in [6.45, 7) is 5.61. The highest BCUT2D eigenvalue weighted by Crippen LogP contribution is 2.30. The first-order valence-electron chi connectivity index (χ1n) is 6.88. The van der Waals surface area contributed by atoms with Gasteiger partial charge in [0, 0.05) is 12.1 Å². The molecule has 3 nitrogen and oxygen atoms in total. The van der Waals surface area contributed by atoms with Gasteiger partial charge in [0.15, 0.2) is 0 Å². The van der Waals surface area contributed by atoms with Crippen molar-refractivity contribution in [1.29, 1.82) is 0 Å². The fourth-order valence-corrected chi connectivity index (χ4v) is 2.30. The fourth-order valence-electron chi connectivity index (χ4n) is 2.30. The third-order valence-corrected chi connectivity index (χ3v) is 3.26. The highest BCUT2D eigenvalue weighted by atomic mass is 35.5. The molecular weight excluding hydrogens is 336 g/mol. The Balaban J connectivity index is 0.00000484. The van der Waals surface area contributed by atoms with Crippen LogP contribution in [0.5, 0.6) is 0 Å². The van der Waals surface area contributed by atoms with Gasteiger partial charge >= 0.3 is 6.18 Å². The molecule has 0 aliphatic heterocycles. The van der Waals surface area contributed by atoms with Gasteiger partial charge in [-0.2, -0.15) is 13.2 Å². The summed E-state index contributed by atoms with van der Waals surface area (Å²) in [5.41, 5.74) is 3.10. The van der Waals surface area contributed by atoms with Crippen LogP contribution in [-0.4, -0.2) is 18.0 Å². The van der Waals surface area contributed by atoms with E-state index in [4.69, 9.17) is 5.73 Å². The summed E-state index contributed by atoms with van der Waals surface area (Å²) in [6, 6.07) is 1.75. The number of hydrogen-bond donors (Lipinski definition) is 2. The molecule has 0 radical (unpaired) electrons. The van der Waals surface area contributed by atoms with Crippen molar-refractivity contribution in [3.05, 3.63) is 35.1 Å². The Hall–Kier alpha value is -1.34. The molecule has 8 heteroatoms. The minimum Gasteiger partial charge on any atom is -0.346 e. The zero-order valence-corrected chi connectivity index (χ0v) is 13.9. The first kappa shape index (κ1) is 21.7. The molecule has 1 amide bonds. The number of hydrogen-bond acceptors (Lipinski definition) is 2. The molecule has 0 aromatic heterocycles. The second kappa shape index (κ2) is 7.97. The topological polar surface area (TPSA) is 55.1 Å². The van der Waals surface area contributed by atoms with Crippen LogP contribution >= 0.6 is 12.4 Å². The van der Waals surface area contributed by atoms with Gasteiger partial charge in [0.05, 0.1) is 11.1 Å². The Labute approximate surface area is 139 Å². The average molecular weight is 357 g/mol. The van der Waals surface area contributed by atoms with E-state index in [2.05, 4.69) is 5.32 Å². The molecule has 1 aromatic rings. The molecule has 1 unspecified atom stereocenters.